The van der Waals surface area contributed by atoms with Crippen molar-refractivity contribution in [1.29, 1.82) is 0 Å². The Balaban J connectivity index is 0.000000200. The van der Waals surface area contributed by atoms with Gasteiger partial charge in [0.1, 0.15) is 0 Å². The van der Waals surface area contributed by atoms with Gasteiger partial charge >= 0.3 is 0 Å². The van der Waals surface area contributed by atoms with Crippen LogP contribution in [0.5, 0.6) is 0 Å². The van der Waals surface area contributed by atoms with Crippen LogP contribution in [0.2, 0.25) is 0 Å². The van der Waals surface area contributed by atoms with Crippen LogP contribution in [-0.4, -0.2) is 0 Å². The molecule has 0 spiro atoms. The van der Waals surface area contributed by atoms with Crippen molar-refractivity contribution in [3.63, 3.8) is 0 Å². The van der Waals surface area contributed by atoms with Gasteiger partial charge in [-0.1, -0.05) is 72.8 Å². The van der Waals surface area contributed by atoms with E-state index in [1.807, 2.05) is 123 Å². The predicted octanol–water partition coefficient (Wildman–Crippen LogP) is 5.69. The summed E-state index contributed by atoms with van der Waals surface area (Å²) in [5.74, 6) is 0. The Labute approximate surface area is 180 Å². The molecule has 8 N–H and O–H groups in total. The Morgan fingerprint density at radius 2 is 0.633 bits per heavy atom. The van der Waals surface area contributed by atoms with Crippen LogP contribution in [0.1, 0.15) is 11.1 Å². The number of aryl methyl sites for hydroxylation is 2. The van der Waals surface area contributed by atoms with Crippen LogP contribution < -0.4 is 22.9 Å². The summed E-state index contributed by atoms with van der Waals surface area (Å²) < 4.78 is 0. The molecule has 0 unspecified atom stereocenters. The molecule has 0 aromatic heterocycles. The lowest BCUT2D eigenvalue weighted by Gasteiger charge is -1.93. The van der Waals surface area contributed by atoms with Crippen LogP contribution in [-0.2, 0) is 0 Å². The van der Waals surface area contributed by atoms with Crippen LogP contribution in [0, 0.1) is 13.8 Å². The molecule has 0 amide bonds. The van der Waals surface area contributed by atoms with E-state index >= 15 is 0 Å². The molecule has 0 bridgehead atoms. The third-order valence-corrected chi connectivity index (χ3v) is 3.98. The maximum Gasteiger partial charge on any atom is 0.0343 e. The van der Waals surface area contributed by atoms with Crippen molar-refractivity contribution in [2.45, 2.75) is 13.8 Å². The Morgan fingerprint density at radius 3 is 0.800 bits per heavy atom. The van der Waals surface area contributed by atoms with Crippen molar-refractivity contribution < 1.29 is 0 Å². The molecular weight excluding hydrogens is 368 g/mol. The van der Waals surface area contributed by atoms with E-state index in [2.05, 4.69) is 0 Å². The first-order chi connectivity index (χ1) is 14.4. The monoisotopic (exact) mass is 400 g/mol. The van der Waals surface area contributed by atoms with E-state index in [1.165, 1.54) is 0 Å². The third kappa shape index (κ3) is 11.0. The molecular formula is C26H32N4. The van der Waals surface area contributed by atoms with Crippen molar-refractivity contribution >= 4 is 22.7 Å². The Hall–Kier alpha value is -3.92. The summed E-state index contributed by atoms with van der Waals surface area (Å²) in [6.45, 7) is 3.99. The number of anilines is 4. The van der Waals surface area contributed by atoms with E-state index in [9.17, 15) is 0 Å². The molecule has 4 rings (SSSR count). The van der Waals surface area contributed by atoms with Gasteiger partial charge in [0.2, 0.25) is 0 Å². The lowest BCUT2D eigenvalue weighted by molar-refractivity contribution is 1.47. The van der Waals surface area contributed by atoms with Gasteiger partial charge in [-0.05, 0) is 61.4 Å². The summed E-state index contributed by atoms with van der Waals surface area (Å²) in [4.78, 5) is 0. The zero-order valence-electron chi connectivity index (χ0n) is 17.7. The Morgan fingerprint density at radius 1 is 0.367 bits per heavy atom. The van der Waals surface area contributed by atoms with Crippen molar-refractivity contribution in [2.24, 2.45) is 0 Å². The van der Waals surface area contributed by atoms with Crippen LogP contribution in [0.25, 0.3) is 0 Å². The quantitative estimate of drug-likeness (QED) is 0.284. The molecule has 0 aliphatic rings. The normalized spacial score (nSPS) is 8.87. The first kappa shape index (κ1) is 24.1. The van der Waals surface area contributed by atoms with E-state index in [-0.39, 0.29) is 0 Å². The maximum absolute atomic E-state index is 5.52. The van der Waals surface area contributed by atoms with Gasteiger partial charge < -0.3 is 22.9 Å². The second-order valence-corrected chi connectivity index (χ2v) is 6.53. The summed E-state index contributed by atoms with van der Waals surface area (Å²) in [5.41, 5.74) is 27.4. The van der Waals surface area contributed by atoms with Crippen molar-refractivity contribution in [1.82, 2.24) is 0 Å². The van der Waals surface area contributed by atoms with E-state index < -0.39 is 0 Å². The van der Waals surface area contributed by atoms with E-state index in [0.717, 1.165) is 33.9 Å². The molecule has 0 radical (unpaired) electrons. The molecule has 4 nitrogen and oxygen atoms in total. The molecule has 4 aromatic carbocycles. The minimum Gasteiger partial charge on any atom is -0.399 e. The molecule has 0 saturated carbocycles. The number of nitrogens with two attached hydrogens (primary N) is 4. The van der Waals surface area contributed by atoms with E-state index in [4.69, 9.17) is 22.9 Å². The maximum atomic E-state index is 5.52. The van der Waals surface area contributed by atoms with Gasteiger partial charge in [0.05, 0.1) is 0 Å². The zero-order chi connectivity index (χ0) is 22.2. The lowest BCUT2D eigenvalue weighted by Crippen LogP contribution is -1.85. The van der Waals surface area contributed by atoms with Crippen LogP contribution in [0.15, 0.2) is 109 Å². The number of hydrogen-bond acceptors (Lipinski definition) is 4. The fourth-order valence-electron chi connectivity index (χ4n) is 2.08. The van der Waals surface area contributed by atoms with E-state index in [0.29, 0.717) is 0 Å². The first-order valence-electron chi connectivity index (χ1n) is 9.63. The highest BCUT2D eigenvalue weighted by Gasteiger charge is 1.85. The molecule has 0 heterocycles. The molecule has 0 atom stereocenters. The van der Waals surface area contributed by atoms with Gasteiger partial charge in [-0.25, -0.2) is 0 Å². The fraction of sp³-hybridized carbons (Fsp3) is 0.0769. The average Bonchev–Trinajstić information content (AvgIpc) is 2.75. The smallest absolute Gasteiger partial charge is 0.0343 e. The first-order valence-corrected chi connectivity index (χ1v) is 9.63. The molecule has 0 aliphatic heterocycles. The van der Waals surface area contributed by atoms with Gasteiger partial charge in [0.25, 0.3) is 0 Å². The summed E-state index contributed by atoms with van der Waals surface area (Å²) in [5, 5.41) is 0. The second kappa shape index (κ2) is 14.1. The SMILES string of the molecule is Cc1ccccc1N.Cc1ccccc1N.Nc1ccccc1.Nc1ccccc1. The van der Waals surface area contributed by atoms with Gasteiger partial charge in [0, 0.05) is 22.7 Å². The van der Waals surface area contributed by atoms with Gasteiger partial charge in [-0.15, -0.1) is 0 Å². The summed E-state index contributed by atoms with van der Waals surface area (Å²) >= 11 is 0. The molecule has 156 valence electrons. The van der Waals surface area contributed by atoms with Gasteiger partial charge in [0.15, 0.2) is 0 Å². The minimum absolute atomic E-state index is 0.822. The summed E-state index contributed by atoms with van der Waals surface area (Å²) in [7, 11) is 0. The van der Waals surface area contributed by atoms with Crippen LogP contribution in [0.4, 0.5) is 22.7 Å². The van der Waals surface area contributed by atoms with E-state index in [1.54, 1.807) is 0 Å². The topological polar surface area (TPSA) is 104 Å². The summed E-state index contributed by atoms with van der Waals surface area (Å²) in [6, 6.07) is 34.6. The number of rotatable bonds is 0. The fourth-order valence-corrected chi connectivity index (χ4v) is 2.08. The molecule has 0 fully saturated rings. The van der Waals surface area contributed by atoms with Crippen molar-refractivity contribution in [2.75, 3.05) is 22.9 Å². The van der Waals surface area contributed by atoms with Crippen molar-refractivity contribution in [3.05, 3.63) is 120 Å². The number of nitrogen functional groups attached to an aromatic ring is 4. The number of benzene rings is 4. The Bertz CT molecular complexity index is 832. The molecule has 0 saturated heterocycles. The highest BCUT2D eigenvalue weighted by atomic mass is 14.6. The number of para-hydroxylation sites is 4. The third-order valence-electron chi connectivity index (χ3n) is 3.98. The van der Waals surface area contributed by atoms with Gasteiger partial charge in [-0.3, -0.25) is 0 Å². The Kier molecular flexibility index (Phi) is 11.4. The molecule has 4 heteroatoms. The largest absolute Gasteiger partial charge is 0.399 e. The molecule has 4 aromatic rings. The van der Waals surface area contributed by atoms with Crippen molar-refractivity contribution in [3.8, 4) is 0 Å². The minimum atomic E-state index is 0.822. The van der Waals surface area contributed by atoms with Gasteiger partial charge in [-0.2, -0.15) is 0 Å². The standard InChI is InChI=1S/2C7H9N.2C6H7N/c2*1-6-4-2-3-5-7(6)8;2*7-6-4-2-1-3-5-6/h2*2-5H,8H2,1H3;2*1-5H,7H2. The summed E-state index contributed by atoms with van der Waals surface area (Å²) in [6.07, 6.45) is 0. The molecule has 0 aliphatic carbocycles. The molecule has 30 heavy (non-hydrogen) atoms. The lowest BCUT2D eigenvalue weighted by atomic mass is 10.2. The predicted molar refractivity (Wildman–Crippen MR) is 133 cm³/mol. The van der Waals surface area contributed by atoms with Crippen LogP contribution >= 0.6 is 0 Å². The highest BCUT2D eigenvalue weighted by molar-refractivity contribution is 5.45. The van der Waals surface area contributed by atoms with Crippen LogP contribution in [0.3, 0.4) is 0 Å². The average molecular weight is 401 g/mol. The second-order valence-electron chi connectivity index (χ2n) is 6.53. The zero-order valence-corrected chi connectivity index (χ0v) is 17.7. The highest BCUT2D eigenvalue weighted by Crippen LogP contribution is 2.07. The number of hydrogen-bond donors (Lipinski definition) is 4.